The van der Waals surface area contributed by atoms with Gasteiger partial charge in [-0.2, -0.15) is 0 Å². The van der Waals surface area contributed by atoms with Crippen LogP contribution in [0.15, 0.2) is 54.6 Å². The standard InChI is InChI=1S/C21H25FN2O2/c1-15(25)23-20-19(17-8-4-3-5-9-17)24(12-11-21(20,2)26)14-16-7-6-10-18(22)13-16/h3-10,13,19-20,26H,11-12,14H2,1-2H3,(H,23,25). The van der Waals surface area contributed by atoms with Crippen molar-refractivity contribution in [3.63, 3.8) is 0 Å². The van der Waals surface area contributed by atoms with Gasteiger partial charge in [-0.25, -0.2) is 4.39 Å². The summed E-state index contributed by atoms with van der Waals surface area (Å²) >= 11 is 0. The average molecular weight is 356 g/mol. The summed E-state index contributed by atoms with van der Waals surface area (Å²) in [4.78, 5) is 14.0. The largest absolute Gasteiger partial charge is 0.388 e. The number of carbonyl (C=O) groups excluding carboxylic acids is 1. The van der Waals surface area contributed by atoms with Crippen molar-refractivity contribution < 1.29 is 14.3 Å². The van der Waals surface area contributed by atoms with E-state index in [1.165, 1.54) is 19.1 Å². The smallest absolute Gasteiger partial charge is 0.217 e. The van der Waals surface area contributed by atoms with Gasteiger partial charge in [0.1, 0.15) is 5.82 Å². The molecule has 2 aromatic carbocycles. The zero-order valence-corrected chi connectivity index (χ0v) is 15.2. The molecule has 0 spiro atoms. The number of amides is 1. The molecule has 4 nitrogen and oxygen atoms in total. The van der Waals surface area contributed by atoms with E-state index in [-0.39, 0.29) is 17.8 Å². The van der Waals surface area contributed by atoms with E-state index in [9.17, 15) is 14.3 Å². The van der Waals surface area contributed by atoms with E-state index in [0.29, 0.717) is 19.5 Å². The Morgan fingerprint density at radius 1 is 1.27 bits per heavy atom. The van der Waals surface area contributed by atoms with Crippen LogP contribution in [0.4, 0.5) is 4.39 Å². The Morgan fingerprint density at radius 2 is 2.00 bits per heavy atom. The topological polar surface area (TPSA) is 52.6 Å². The monoisotopic (exact) mass is 356 g/mol. The number of benzene rings is 2. The molecule has 2 N–H and O–H groups in total. The molecular formula is C21H25FN2O2. The number of carbonyl (C=O) groups is 1. The van der Waals surface area contributed by atoms with E-state index in [0.717, 1.165) is 11.1 Å². The highest BCUT2D eigenvalue weighted by atomic mass is 19.1. The third-order valence-corrected chi connectivity index (χ3v) is 5.06. The Morgan fingerprint density at radius 3 is 2.65 bits per heavy atom. The molecule has 1 aliphatic heterocycles. The molecule has 3 rings (SSSR count). The van der Waals surface area contributed by atoms with Crippen LogP contribution in [0.25, 0.3) is 0 Å². The van der Waals surface area contributed by atoms with Gasteiger partial charge in [-0.05, 0) is 36.6 Å². The van der Waals surface area contributed by atoms with Crippen LogP contribution < -0.4 is 5.32 Å². The van der Waals surface area contributed by atoms with Crippen LogP contribution in [0.1, 0.15) is 37.4 Å². The lowest BCUT2D eigenvalue weighted by atomic mass is 9.79. The van der Waals surface area contributed by atoms with E-state index >= 15 is 0 Å². The Bertz CT molecular complexity index is 764. The van der Waals surface area contributed by atoms with Crippen LogP contribution in [0.5, 0.6) is 0 Å². The number of halogens is 1. The molecule has 138 valence electrons. The van der Waals surface area contributed by atoms with E-state index in [4.69, 9.17) is 0 Å². The van der Waals surface area contributed by atoms with E-state index in [1.54, 1.807) is 13.0 Å². The molecule has 3 atom stereocenters. The minimum atomic E-state index is -1.02. The lowest BCUT2D eigenvalue weighted by Crippen LogP contribution is -2.62. The molecule has 0 saturated carbocycles. The number of piperidine rings is 1. The first-order chi connectivity index (χ1) is 12.4. The summed E-state index contributed by atoms with van der Waals surface area (Å²) in [6.07, 6.45) is 0.524. The predicted octanol–water partition coefficient (Wildman–Crippen LogP) is 3.03. The van der Waals surface area contributed by atoms with Crippen LogP contribution in [-0.2, 0) is 11.3 Å². The minimum absolute atomic E-state index is 0.177. The van der Waals surface area contributed by atoms with Gasteiger partial charge in [-0.3, -0.25) is 9.69 Å². The van der Waals surface area contributed by atoms with Gasteiger partial charge in [0.2, 0.25) is 5.91 Å². The fraction of sp³-hybridized carbons (Fsp3) is 0.381. The zero-order valence-electron chi connectivity index (χ0n) is 15.2. The van der Waals surface area contributed by atoms with Crippen LogP contribution in [0, 0.1) is 5.82 Å². The highest BCUT2D eigenvalue weighted by Gasteiger charge is 2.45. The first-order valence-electron chi connectivity index (χ1n) is 8.90. The SMILES string of the molecule is CC(=O)NC1C(c2ccccc2)N(Cc2cccc(F)c2)CCC1(C)O. The highest BCUT2D eigenvalue weighted by molar-refractivity contribution is 5.73. The van der Waals surface area contributed by atoms with E-state index in [2.05, 4.69) is 10.2 Å². The fourth-order valence-corrected chi connectivity index (χ4v) is 3.77. The quantitative estimate of drug-likeness (QED) is 0.885. The van der Waals surface area contributed by atoms with Crippen molar-refractivity contribution in [1.29, 1.82) is 0 Å². The Balaban J connectivity index is 1.97. The first-order valence-corrected chi connectivity index (χ1v) is 8.90. The number of rotatable bonds is 4. The van der Waals surface area contributed by atoms with Crippen LogP contribution >= 0.6 is 0 Å². The third kappa shape index (κ3) is 4.11. The van der Waals surface area contributed by atoms with Crippen molar-refractivity contribution in [2.45, 2.75) is 44.5 Å². The number of nitrogens with zero attached hydrogens (tertiary/aromatic N) is 1. The molecular weight excluding hydrogens is 331 g/mol. The summed E-state index contributed by atoms with van der Waals surface area (Å²) in [5, 5.41) is 13.9. The number of hydrogen-bond donors (Lipinski definition) is 2. The molecule has 1 amide bonds. The maximum atomic E-state index is 13.6. The normalized spacial score (nSPS) is 26.5. The minimum Gasteiger partial charge on any atom is -0.388 e. The van der Waals surface area contributed by atoms with Crippen LogP contribution in [0.2, 0.25) is 0 Å². The van der Waals surface area contributed by atoms with Gasteiger partial charge in [-0.1, -0.05) is 42.5 Å². The third-order valence-electron chi connectivity index (χ3n) is 5.06. The lowest BCUT2D eigenvalue weighted by Gasteiger charge is -2.49. The summed E-state index contributed by atoms with van der Waals surface area (Å²) in [5.74, 6) is -0.440. The Kier molecular flexibility index (Phi) is 5.39. The number of hydrogen-bond acceptors (Lipinski definition) is 3. The molecule has 26 heavy (non-hydrogen) atoms. The van der Waals surface area contributed by atoms with Crippen LogP contribution in [0.3, 0.4) is 0 Å². The molecule has 1 saturated heterocycles. The van der Waals surface area contributed by atoms with E-state index < -0.39 is 11.6 Å². The molecule has 2 aromatic rings. The maximum Gasteiger partial charge on any atom is 0.217 e. The van der Waals surface area contributed by atoms with Crippen molar-refractivity contribution in [1.82, 2.24) is 10.2 Å². The summed E-state index contributed by atoms with van der Waals surface area (Å²) in [6.45, 7) is 4.43. The molecule has 5 heteroatoms. The van der Waals surface area contributed by atoms with Crippen LogP contribution in [-0.4, -0.2) is 34.1 Å². The zero-order chi connectivity index (χ0) is 18.7. The van der Waals surface area contributed by atoms with Crippen molar-refractivity contribution in [2.75, 3.05) is 6.54 Å². The molecule has 1 aliphatic rings. The number of likely N-dealkylation sites (tertiary alicyclic amines) is 1. The summed E-state index contributed by atoms with van der Waals surface area (Å²) < 4.78 is 13.6. The highest BCUT2D eigenvalue weighted by Crippen LogP contribution is 2.37. The van der Waals surface area contributed by atoms with Crippen molar-refractivity contribution >= 4 is 5.91 Å². The molecule has 1 fully saturated rings. The molecule has 0 bridgehead atoms. The van der Waals surface area contributed by atoms with Gasteiger partial charge < -0.3 is 10.4 Å². The van der Waals surface area contributed by atoms with Crippen molar-refractivity contribution in [3.8, 4) is 0 Å². The van der Waals surface area contributed by atoms with Gasteiger partial charge in [0, 0.05) is 20.0 Å². The summed E-state index contributed by atoms with van der Waals surface area (Å²) in [7, 11) is 0. The molecule has 0 aromatic heterocycles. The molecule has 0 radical (unpaired) electrons. The lowest BCUT2D eigenvalue weighted by molar-refractivity contribution is -0.126. The number of aliphatic hydroxyl groups is 1. The molecule has 3 unspecified atom stereocenters. The van der Waals surface area contributed by atoms with Crippen molar-refractivity contribution in [3.05, 3.63) is 71.5 Å². The predicted molar refractivity (Wildman–Crippen MR) is 98.8 cm³/mol. The van der Waals surface area contributed by atoms with Crippen molar-refractivity contribution in [2.24, 2.45) is 0 Å². The second kappa shape index (κ2) is 7.56. The molecule has 1 heterocycles. The van der Waals surface area contributed by atoms with Gasteiger partial charge in [0.05, 0.1) is 17.7 Å². The van der Waals surface area contributed by atoms with Gasteiger partial charge in [-0.15, -0.1) is 0 Å². The van der Waals surface area contributed by atoms with E-state index in [1.807, 2.05) is 36.4 Å². The second-order valence-corrected chi connectivity index (χ2v) is 7.24. The maximum absolute atomic E-state index is 13.6. The summed E-state index contributed by atoms with van der Waals surface area (Å²) in [6, 6.07) is 15.7. The van der Waals surface area contributed by atoms with Gasteiger partial charge in [0.25, 0.3) is 0 Å². The Hall–Kier alpha value is -2.24. The Labute approximate surface area is 153 Å². The second-order valence-electron chi connectivity index (χ2n) is 7.24. The molecule has 0 aliphatic carbocycles. The fourth-order valence-electron chi connectivity index (χ4n) is 3.77. The summed E-state index contributed by atoms with van der Waals surface area (Å²) in [5.41, 5.74) is 0.863. The first kappa shape index (κ1) is 18.5. The number of nitrogens with one attached hydrogen (secondary N) is 1. The average Bonchev–Trinajstić information content (AvgIpc) is 2.59. The van der Waals surface area contributed by atoms with Gasteiger partial charge in [0.15, 0.2) is 0 Å². The van der Waals surface area contributed by atoms with Gasteiger partial charge >= 0.3 is 0 Å².